The van der Waals surface area contributed by atoms with Crippen LogP contribution < -0.4 is 9.64 Å². The van der Waals surface area contributed by atoms with Crippen LogP contribution in [-0.4, -0.2) is 62.4 Å². The van der Waals surface area contributed by atoms with E-state index in [1.165, 1.54) is 32.4 Å². The molecule has 0 amide bonds. The summed E-state index contributed by atoms with van der Waals surface area (Å²) in [5.74, 6) is 1.87. The van der Waals surface area contributed by atoms with Crippen molar-refractivity contribution in [2.24, 2.45) is 0 Å². The van der Waals surface area contributed by atoms with Crippen LogP contribution >= 0.6 is 0 Å². The molecule has 0 aliphatic carbocycles. The van der Waals surface area contributed by atoms with Crippen LogP contribution in [0.3, 0.4) is 0 Å². The number of morpholine rings is 1. The SMILES string of the molecule is c1cnc(N2CCOCC2)c(OCCCN2CCCCC2)c1. The van der Waals surface area contributed by atoms with Gasteiger partial charge in [0.1, 0.15) is 0 Å². The van der Waals surface area contributed by atoms with Crippen LogP contribution in [0.2, 0.25) is 0 Å². The number of nitrogens with zero attached hydrogens (tertiary/aromatic N) is 3. The van der Waals surface area contributed by atoms with E-state index in [0.29, 0.717) is 0 Å². The van der Waals surface area contributed by atoms with Crippen molar-refractivity contribution in [2.75, 3.05) is 57.4 Å². The molecule has 0 saturated carbocycles. The molecule has 0 radical (unpaired) electrons. The Morgan fingerprint density at radius 3 is 2.73 bits per heavy atom. The molecule has 2 aliphatic rings. The fraction of sp³-hybridized carbons (Fsp3) is 0.706. The predicted molar refractivity (Wildman–Crippen MR) is 87.7 cm³/mol. The van der Waals surface area contributed by atoms with Crippen molar-refractivity contribution in [1.82, 2.24) is 9.88 Å². The number of likely N-dealkylation sites (tertiary alicyclic amines) is 1. The summed E-state index contributed by atoms with van der Waals surface area (Å²) in [5, 5.41) is 0. The number of hydrogen-bond donors (Lipinski definition) is 0. The van der Waals surface area contributed by atoms with Crippen LogP contribution in [0.5, 0.6) is 5.75 Å². The van der Waals surface area contributed by atoms with E-state index in [0.717, 1.165) is 57.4 Å². The van der Waals surface area contributed by atoms with Gasteiger partial charge in [-0.3, -0.25) is 0 Å². The lowest BCUT2D eigenvalue weighted by molar-refractivity contribution is 0.122. The summed E-state index contributed by atoms with van der Waals surface area (Å²) in [6.45, 7) is 7.74. The number of rotatable bonds is 6. The predicted octanol–water partition coefficient (Wildman–Crippen LogP) is 2.17. The zero-order chi connectivity index (χ0) is 15.0. The van der Waals surface area contributed by atoms with E-state index in [1.807, 2.05) is 18.3 Å². The fourth-order valence-electron chi connectivity index (χ4n) is 3.16. The minimum atomic E-state index is 0.763. The Balaban J connectivity index is 1.47. The van der Waals surface area contributed by atoms with Crippen LogP contribution in [0.1, 0.15) is 25.7 Å². The summed E-state index contributed by atoms with van der Waals surface area (Å²) in [6.07, 6.45) is 7.02. The molecule has 122 valence electrons. The van der Waals surface area contributed by atoms with Gasteiger partial charge in [0, 0.05) is 25.8 Å². The molecular weight excluding hydrogens is 278 g/mol. The second-order valence-corrected chi connectivity index (χ2v) is 6.03. The first-order chi connectivity index (χ1) is 10.9. The quantitative estimate of drug-likeness (QED) is 0.753. The van der Waals surface area contributed by atoms with Crippen LogP contribution in [0.4, 0.5) is 5.82 Å². The van der Waals surface area contributed by atoms with E-state index in [1.54, 1.807) is 0 Å². The Kier molecular flexibility index (Phi) is 5.90. The normalized spacial score (nSPS) is 20.1. The van der Waals surface area contributed by atoms with Crippen molar-refractivity contribution in [3.05, 3.63) is 18.3 Å². The summed E-state index contributed by atoms with van der Waals surface area (Å²) in [5.41, 5.74) is 0. The molecule has 0 atom stereocenters. The molecule has 22 heavy (non-hydrogen) atoms. The molecule has 0 N–H and O–H groups in total. The molecule has 0 unspecified atom stereocenters. The summed E-state index contributed by atoms with van der Waals surface area (Å²) in [4.78, 5) is 9.31. The average molecular weight is 305 g/mol. The van der Waals surface area contributed by atoms with Gasteiger partial charge in [-0.2, -0.15) is 0 Å². The first-order valence-electron chi connectivity index (χ1n) is 8.56. The van der Waals surface area contributed by atoms with Crippen LogP contribution in [0.15, 0.2) is 18.3 Å². The minimum Gasteiger partial charge on any atom is -0.490 e. The van der Waals surface area contributed by atoms with Crippen molar-refractivity contribution in [2.45, 2.75) is 25.7 Å². The number of hydrogen-bond acceptors (Lipinski definition) is 5. The molecule has 3 rings (SSSR count). The number of pyridine rings is 1. The van der Waals surface area contributed by atoms with Gasteiger partial charge in [-0.15, -0.1) is 0 Å². The summed E-state index contributed by atoms with van der Waals surface area (Å²) in [6, 6.07) is 3.97. The zero-order valence-electron chi connectivity index (χ0n) is 13.4. The third-order valence-corrected chi connectivity index (χ3v) is 4.39. The van der Waals surface area contributed by atoms with E-state index >= 15 is 0 Å². The monoisotopic (exact) mass is 305 g/mol. The maximum atomic E-state index is 6.01. The molecule has 5 nitrogen and oxygen atoms in total. The van der Waals surface area contributed by atoms with Gasteiger partial charge in [-0.1, -0.05) is 6.42 Å². The summed E-state index contributed by atoms with van der Waals surface area (Å²) in [7, 11) is 0. The third kappa shape index (κ3) is 4.34. The Labute approximate surface area is 133 Å². The van der Waals surface area contributed by atoms with E-state index in [-0.39, 0.29) is 0 Å². The van der Waals surface area contributed by atoms with E-state index in [9.17, 15) is 0 Å². The zero-order valence-corrected chi connectivity index (χ0v) is 13.4. The van der Waals surface area contributed by atoms with Crippen molar-refractivity contribution in [3.63, 3.8) is 0 Å². The average Bonchev–Trinajstić information content (AvgIpc) is 2.61. The number of aromatic nitrogens is 1. The Hall–Kier alpha value is -1.33. The first-order valence-corrected chi connectivity index (χ1v) is 8.56. The second-order valence-electron chi connectivity index (χ2n) is 6.03. The number of ether oxygens (including phenoxy) is 2. The van der Waals surface area contributed by atoms with Gasteiger partial charge in [0.05, 0.1) is 19.8 Å². The Morgan fingerprint density at radius 2 is 1.91 bits per heavy atom. The molecule has 1 aromatic rings. The standard InChI is InChI=1S/C17H27N3O2/c1-2-8-19(9-3-1)10-5-13-22-16-6-4-7-18-17(16)20-11-14-21-15-12-20/h4,6-7H,1-3,5,8-15H2. The highest BCUT2D eigenvalue weighted by Gasteiger charge is 2.16. The van der Waals surface area contributed by atoms with Crippen molar-refractivity contribution in [1.29, 1.82) is 0 Å². The summed E-state index contributed by atoms with van der Waals surface area (Å²) >= 11 is 0. The second kappa shape index (κ2) is 8.34. The minimum absolute atomic E-state index is 0.763. The Morgan fingerprint density at radius 1 is 1.09 bits per heavy atom. The van der Waals surface area contributed by atoms with Gasteiger partial charge in [-0.25, -0.2) is 4.98 Å². The molecule has 2 aliphatic heterocycles. The topological polar surface area (TPSA) is 37.8 Å². The van der Waals surface area contributed by atoms with Crippen molar-refractivity contribution in [3.8, 4) is 5.75 Å². The lowest BCUT2D eigenvalue weighted by Crippen LogP contribution is -2.37. The number of anilines is 1. The van der Waals surface area contributed by atoms with Gasteiger partial charge in [0.25, 0.3) is 0 Å². The highest BCUT2D eigenvalue weighted by molar-refractivity contribution is 5.52. The van der Waals surface area contributed by atoms with Crippen molar-refractivity contribution < 1.29 is 9.47 Å². The molecule has 0 spiro atoms. The van der Waals surface area contributed by atoms with Crippen LogP contribution in [-0.2, 0) is 4.74 Å². The van der Waals surface area contributed by atoms with Crippen LogP contribution in [0, 0.1) is 0 Å². The summed E-state index contributed by atoms with van der Waals surface area (Å²) < 4.78 is 11.4. The van der Waals surface area contributed by atoms with Gasteiger partial charge < -0.3 is 19.3 Å². The van der Waals surface area contributed by atoms with E-state index in [4.69, 9.17) is 9.47 Å². The van der Waals surface area contributed by atoms with Gasteiger partial charge in [0.15, 0.2) is 11.6 Å². The van der Waals surface area contributed by atoms with Gasteiger partial charge in [-0.05, 0) is 44.5 Å². The molecular formula is C17H27N3O2. The maximum absolute atomic E-state index is 6.01. The largest absolute Gasteiger partial charge is 0.490 e. The smallest absolute Gasteiger partial charge is 0.171 e. The fourth-order valence-corrected chi connectivity index (χ4v) is 3.16. The van der Waals surface area contributed by atoms with Gasteiger partial charge in [0.2, 0.25) is 0 Å². The molecule has 2 saturated heterocycles. The number of piperidine rings is 1. The Bertz CT molecular complexity index is 443. The molecule has 3 heterocycles. The molecule has 5 heteroatoms. The van der Waals surface area contributed by atoms with E-state index < -0.39 is 0 Å². The highest BCUT2D eigenvalue weighted by atomic mass is 16.5. The molecule has 2 fully saturated rings. The van der Waals surface area contributed by atoms with Crippen LogP contribution in [0.25, 0.3) is 0 Å². The third-order valence-electron chi connectivity index (χ3n) is 4.39. The molecule has 1 aromatic heterocycles. The molecule has 0 bridgehead atoms. The van der Waals surface area contributed by atoms with Gasteiger partial charge >= 0.3 is 0 Å². The molecule has 0 aromatic carbocycles. The maximum Gasteiger partial charge on any atom is 0.171 e. The van der Waals surface area contributed by atoms with E-state index in [2.05, 4.69) is 14.8 Å². The van der Waals surface area contributed by atoms with Crippen molar-refractivity contribution >= 4 is 5.82 Å². The lowest BCUT2D eigenvalue weighted by atomic mass is 10.1. The first kappa shape index (κ1) is 15.6. The lowest BCUT2D eigenvalue weighted by Gasteiger charge is -2.29. The highest BCUT2D eigenvalue weighted by Crippen LogP contribution is 2.26.